The minimum Gasteiger partial charge on any atom is -0.497 e. The first kappa shape index (κ1) is 24.2. The van der Waals surface area contributed by atoms with Crippen molar-refractivity contribution in [3.05, 3.63) is 54.2 Å². The molecule has 3 heterocycles. The summed E-state index contributed by atoms with van der Waals surface area (Å²) in [4.78, 5) is 26.7. The molecule has 1 aliphatic rings. The third-order valence-electron chi connectivity index (χ3n) is 6.29. The third kappa shape index (κ3) is 4.94. The molecule has 37 heavy (non-hydrogen) atoms. The average molecular weight is 504 g/mol. The van der Waals surface area contributed by atoms with E-state index in [4.69, 9.17) is 24.9 Å². The Labute approximate surface area is 213 Å². The number of carbonyl (C=O) groups is 1. The highest BCUT2D eigenvalue weighted by Gasteiger charge is 2.21. The molecule has 0 aliphatic carbocycles. The van der Waals surface area contributed by atoms with E-state index < -0.39 is 5.91 Å². The van der Waals surface area contributed by atoms with Crippen LogP contribution < -0.4 is 30.7 Å². The van der Waals surface area contributed by atoms with E-state index in [1.165, 1.54) is 0 Å². The maximum absolute atomic E-state index is 12.0. The Hall–Kier alpha value is -4.51. The summed E-state index contributed by atoms with van der Waals surface area (Å²) >= 11 is 0. The number of methoxy groups -OCH3 is 2. The Bertz CT molecular complexity index is 1440. The number of aromatic nitrogens is 3. The molecule has 1 atom stereocenters. The van der Waals surface area contributed by atoms with Crippen LogP contribution >= 0.6 is 0 Å². The number of aromatic amines is 1. The summed E-state index contributed by atoms with van der Waals surface area (Å²) in [6, 6.07) is 13.1. The molecular weight excluding hydrogens is 474 g/mol. The Kier molecular flexibility index (Phi) is 6.69. The number of benzene rings is 2. The summed E-state index contributed by atoms with van der Waals surface area (Å²) in [7, 11) is 3.18. The fraction of sp³-hybridized carbons (Fsp3) is 0.269. The van der Waals surface area contributed by atoms with Crippen LogP contribution in [0.4, 0.5) is 28.8 Å². The van der Waals surface area contributed by atoms with Gasteiger partial charge in [0.05, 0.1) is 49.8 Å². The van der Waals surface area contributed by atoms with Gasteiger partial charge in [-0.3, -0.25) is 4.79 Å². The van der Waals surface area contributed by atoms with Crippen molar-refractivity contribution < 1.29 is 19.0 Å². The highest BCUT2D eigenvalue weighted by Crippen LogP contribution is 2.34. The molecule has 5 N–H and O–H groups in total. The molecule has 1 fully saturated rings. The van der Waals surface area contributed by atoms with Crippen LogP contribution in [0.5, 0.6) is 11.5 Å². The van der Waals surface area contributed by atoms with E-state index in [9.17, 15) is 4.79 Å². The molecule has 0 radical (unpaired) electrons. The Morgan fingerprint density at radius 1 is 1.11 bits per heavy atom. The lowest BCUT2D eigenvalue weighted by atomic mass is 10.1. The molecule has 1 saturated heterocycles. The SMILES string of the molecule is COc1ccc(C(N)=O)c(Nc2nc(Nc3ccc(N4CCOC[C@@H]4C)cc3OC)nc3[nH]ccc23)c1. The van der Waals surface area contributed by atoms with Crippen molar-refractivity contribution in [2.24, 2.45) is 5.73 Å². The van der Waals surface area contributed by atoms with Crippen LogP contribution in [-0.2, 0) is 4.74 Å². The molecule has 0 unspecified atom stereocenters. The number of hydrogen-bond acceptors (Lipinski definition) is 9. The molecule has 11 nitrogen and oxygen atoms in total. The second-order valence-corrected chi connectivity index (χ2v) is 8.66. The van der Waals surface area contributed by atoms with Gasteiger partial charge in [-0.05, 0) is 37.3 Å². The van der Waals surface area contributed by atoms with Crippen molar-refractivity contribution in [3.8, 4) is 11.5 Å². The molecule has 0 saturated carbocycles. The van der Waals surface area contributed by atoms with Gasteiger partial charge in [-0.15, -0.1) is 0 Å². The maximum Gasteiger partial charge on any atom is 0.250 e. The number of H-pyrrole nitrogens is 1. The van der Waals surface area contributed by atoms with Crippen LogP contribution in [-0.4, -0.2) is 60.9 Å². The maximum atomic E-state index is 12.0. The van der Waals surface area contributed by atoms with E-state index >= 15 is 0 Å². The molecule has 1 amide bonds. The first-order valence-corrected chi connectivity index (χ1v) is 11.9. The lowest BCUT2D eigenvalue weighted by molar-refractivity contribution is 0.0989. The molecule has 5 rings (SSSR count). The van der Waals surface area contributed by atoms with E-state index in [1.54, 1.807) is 38.6 Å². The zero-order valence-corrected chi connectivity index (χ0v) is 20.9. The fourth-order valence-electron chi connectivity index (χ4n) is 4.38. The molecule has 2 aromatic carbocycles. The third-order valence-corrected chi connectivity index (χ3v) is 6.29. The number of ether oxygens (including phenoxy) is 3. The second kappa shape index (κ2) is 10.2. The number of morpholine rings is 1. The van der Waals surface area contributed by atoms with Gasteiger partial charge in [-0.1, -0.05) is 0 Å². The van der Waals surface area contributed by atoms with Crippen molar-refractivity contribution in [2.45, 2.75) is 13.0 Å². The number of anilines is 5. The minimum atomic E-state index is -0.567. The van der Waals surface area contributed by atoms with E-state index in [0.717, 1.165) is 17.6 Å². The number of nitrogens with one attached hydrogen (secondary N) is 3. The summed E-state index contributed by atoms with van der Waals surface area (Å²) < 4.78 is 16.6. The molecule has 11 heteroatoms. The average Bonchev–Trinajstić information content (AvgIpc) is 3.38. The van der Waals surface area contributed by atoms with Crippen molar-refractivity contribution in [3.63, 3.8) is 0 Å². The summed E-state index contributed by atoms with van der Waals surface area (Å²) in [6.45, 7) is 4.33. The number of nitrogens with zero attached hydrogens (tertiary/aromatic N) is 3. The topological polar surface area (TPSA) is 140 Å². The number of fused-ring (bicyclic) bond motifs is 1. The van der Waals surface area contributed by atoms with Gasteiger partial charge in [0.25, 0.3) is 5.91 Å². The van der Waals surface area contributed by atoms with E-state index in [0.29, 0.717) is 59.1 Å². The fourth-order valence-corrected chi connectivity index (χ4v) is 4.38. The van der Waals surface area contributed by atoms with Crippen LogP contribution in [0.3, 0.4) is 0 Å². The number of carbonyl (C=O) groups excluding carboxylic acids is 1. The lowest BCUT2D eigenvalue weighted by Gasteiger charge is -2.35. The van der Waals surface area contributed by atoms with Crippen LogP contribution in [0.15, 0.2) is 48.7 Å². The molecule has 0 spiro atoms. The summed E-state index contributed by atoms with van der Waals surface area (Å²) in [5, 5.41) is 7.24. The largest absolute Gasteiger partial charge is 0.497 e. The van der Waals surface area contributed by atoms with Crippen molar-refractivity contribution in [2.75, 3.05) is 49.5 Å². The van der Waals surface area contributed by atoms with E-state index in [-0.39, 0.29) is 6.04 Å². The van der Waals surface area contributed by atoms with Crippen LogP contribution in [0, 0.1) is 0 Å². The number of primary amides is 1. The van der Waals surface area contributed by atoms with E-state index in [1.807, 2.05) is 24.3 Å². The zero-order chi connectivity index (χ0) is 25.9. The number of hydrogen-bond donors (Lipinski definition) is 4. The number of rotatable bonds is 8. The molecule has 4 aromatic rings. The van der Waals surface area contributed by atoms with Crippen LogP contribution in [0.1, 0.15) is 17.3 Å². The Balaban J connectivity index is 1.48. The predicted octanol–water partition coefficient (Wildman–Crippen LogP) is 3.79. The van der Waals surface area contributed by atoms with Gasteiger partial charge >= 0.3 is 0 Å². The first-order chi connectivity index (χ1) is 18.0. The normalized spacial score (nSPS) is 15.4. The summed E-state index contributed by atoms with van der Waals surface area (Å²) in [5.74, 6) is 1.49. The Morgan fingerprint density at radius 3 is 2.73 bits per heavy atom. The van der Waals surface area contributed by atoms with Gasteiger partial charge in [0, 0.05) is 36.6 Å². The molecule has 2 aromatic heterocycles. The quantitative estimate of drug-likeness (QED) is 0.283. The lowest BCUT2D eigenvalue weighted by Crippen LogP contribution is -2.43. The Morgan fingerprint density at radius 2 is 1.97 bits per heavy atom. The van der Waals surface area contributed by atoms with Gasteiger partial charge < -0.3 is 40.5 Å². The zero-order valence-electron chi connectivity index (χ0n) is 20.9. The van der Waals surface area contributed by atoms with Crippen molar-refractivity contribution in [1.29, 1.82) is 0 Å². The number of amides is 1. The van der Waals surface area contributed by atoms with Gasteiger partial charge in [-0.2, -0.15) is 9.97 Å². The van der Waals surface area contributed by atoms with Gasteiger partial charge in [0.2, 0.25) is 5.95 Å². The summed E-state index contributed by atoms with van der Waals surface area (Å²) in [6.07, 6.45) is 1.77. The molecule has 1 aliphatic heterocycles. The van der Waals surface area contributed by atoms with Gasteiger partial charge in [0.1, 0.15) is 23.0 Å². The standard InChI is InChI=1S/C26H29N7O4/c1-15-14-37-11-10-33(15)16-4-7-20(22(12-16)36-3)30-26-31-24-19(8-9-28-24)25(32-26)29-21-13-17(35-2)5-6-18(21)23(27)34/h4-9,12-13,15H,10-11,14H2,1-3H3,(H2,27,34)(H3,28,29,30,31,32)/t15-/m0/s1. The highest BCUT2D eigenvalue weighted by molar-refractivity contribution is 6.01. The van der Waals surface area contributed by atoms with Crippen LogP contribution in [0.25, 0.3) is 11.0 Å². The molecular formula is C26H29N7O4. The molecule has 0 bridgehead atoms. The smallest absolute Gasteiger partial charge is 0.250 e. The minimum absolute atomic E-state index is 0.270. The van der Waals surface area contributed by atoms with Crippen molar-refractivity contribution >= 4 is 45.8 Å². The molecule has 192 valence electrons. The van der Waals surface area contributed by atoms with Crippen LogP contribution in [0.2, 0.25) is 0 Å². The monoisotopic (exact) mass is 503 g/mol. The highest BCUT2D eigenvalue weighted by atomic mass is 16.5. The second-order valence-electron chi connectivity index (χ2n) is 8.66. The predicted molar refractivity (Wildman–Crippen MR) is 143 cm³/mol. The van der Waals surface area contributed by atoms with E-state index in [2.05, 4.69) is 32.4 Å². The summed E-state index contributed by atoms with van der Waals surface area (Å²) in [5.41, 5.74) is 8.76. The first-order valence-electron chi connectivity index (χ1n) is 11.9. The van der Waals surface area contributed by atoms with Gasteiger partial charge in [0.15, 0.2) is 0 Å². The van der Waals surface area contributed by atoms with Crippen molar-refractivity contribution in [1.82, 2.24) is 15.0 Å². The number of nitrogens with two attached hydrogens (primary N) is 1. The van der Waals surface area contributed by atoms with Gasteiger partial charge in [-0.25, -0.2) is 0 Å².